The van der Waals surface area contributed by atoms with Gasteiger partial charge in [-0.3, -0.25) is 9.69 Å². The van der Waals surface area contributed by atoms with Gasteiger partial charge in [0.25, 0.3) is 0 Å². The Morgan fingerprint density at radius 2 is 1.81 bits per heavy atom. The van der Waals surface area contributed by atoms with Crippen LogP contribution in [0.15, 0.2) is 0 Å². The van der Waals surface area contributed by atoms with Crippen molar-refractivity contribution in [2.75, 3.05) is 38.6 Å². The molecule has 96 valence electrons. The Morgan fingerprint density at radius 1 is 1.25 bits per heavy atom. The largest absolute Gasteiger partial charge is 0.340 e. The van der Waals surface area contributed by atoms with Crippen LogP contribution in [0.25, 0.3) is 0 Å². The standard InChI is InChI=1S/C11H21ClN2O.ClH/c1-10(2)9-11(15)14-7-5-13(4-3-12)6-8-14;/h10H,3-9H2,1-2H3;1H. The summed E-state index contributed by atoms with van der Waals surface area (Å²) in [6, 6.07) is 0. The maximum Gasteiger partial charge on any atom is 0.222 e. The lowest BCUT2D eigenvalue weighted by Crippen LogP contribution is -2.49. The van der Waals surface area contributed by atoms with Crippen LogP contribution in [0.3, 0.4) is 0 Å². The van der Waals surface area contributed by atoms with E-state index in [2.05, 4.69) is 18.7 Å². The lowest BCUT2D eigenvalue weighted by Gasteiger charge is -2.34. The van der Waals surface area contributed by atoms with E-state index in [1.165, 1.54) is 0 Å². The fourth-order valence-corrected chi connectivity index (χ4v) is 2.06. The summed E-state index contributed by atoms with van der Waals surface area (Å²) in [7, 11) is 0. The van der Waals surface area contributed by atoms with Crippen LogP contribution in [0.5, 0.6) is 0 Å². The third-order valence-electron chi connectivity index (χ3n) is 2.71. The van der Waals surface area contributed by atoms with E-state index in [1.807, 2.05) is 4.90 Å². The minimum atomic E-state index is 0. The minimum Gasteiger partial charge on any atom is -0.340 e. The summed E-state index contributed by atoms with van der Waals surface area (Å²) in [5, 5.41) is 0. The second kappa shape index (κ2) is 8.15. The van der Waals surface area contributed by atoms with Crippen LogP contribution in [0, 0.1) is 5.92 Å². The van der Waals surface area contributed by atoms with Crippen LogP contribution < -0.4 is 0 Å². The average Bonchev–Trinajstić information content (AvgIpc) is 2.18. The Labute approximate surface area is 110 Å². The quantitative estimate of drug-likeness (QED) is 0.727. The Morgan fingerprint density at radius 3 is 2.25 bits per heavy atom. The van der Waals surface area contributed by atoms with Crippen LogP contribution in [0.1, 0.15) is 20.3 Å². The predicted molar refractivity (Wildman–Crippen MR) is 70.4 cm³/mol. The first kappa shape index (κ1) is 16.0. The highest BCUT2D eigenvalue weighted by Crippen LogP contribution is 2.07. The Hall–Kier alpha value is 0.01000. The molecule has 0 bridgehead atoms. The van der Waals surface area contributed by atoms with E-state index in [1.54, 1.807) is 0 Å². The first-order chi connectivity index (χ1) is 7.13. The van der Waals surface area contributed by atoms with E-state index in [0.29, 0.717) is 24.1 Å². The topological polar surface area (TPSA) is 23.6 Å². The maximum absolute atomic E-state index is 11.8. The number of rotatable bonds is 4. The molecule has 0 atom stereocenters. The molecule has 1 fully saturated rings. The number of carbonyl (C=O) groups is 1. The number of nitrogens with zero attached hydrogens (tertiary/aromatic N) is 2. The molecule has 0 aromatic heterocycles. The van der Waals surface area contributed by atoms with Gasteiger partial charge in [0.1, 0.15) is 0 Å². The molecule has 1 amide bonds. The van der Waals surface area contributed by atoms with Crippen LogP contribution in [-0.2, 0) is 4.79 Å². The number of hydrogen-bond donors (Lipinski definition) is 0. The molecule has 0 spiro atoms. The summed E-state index contributed by atoms with van der Waals surface area (Å²) in [6.07, 6.45) is 0.676. The van der Waals surface area contributed by atoms with E-state index in [-0.39, 0.29) is 12.4 Å². The second-order valence-electron chi connectivity index (χ2n) is 4.51. The fraction of sp³-hybridized carbons (Fsp3) is 0.909. The lowest BCUT2D eigenvalue weighted by molar-refractivity contribution is -0.133. The molecule has 1 aliphatic heterocycles. The molecule has 1 saturated heterocycles. The van der Waals surface area contributed by atoms with Gasteiger partial charge in [-0.2, -0.15) is 0 Å². The molecular weight excluding hydrogens is 247 g/mol. The van der Waals surface area contributed by atoms with Crippen LogP contribution >= 0.6 is 24.0 Å². The van der Waals surface area contributed by atoms with E-state index < -0.39 is 0 Å². The molecule has 0 N–H and O–H groups in total. The maximum atomic E-state index is 11.8. The van der Waals surface area contributed by atoms with Crippen molar-refractivity contribution in [1.29, 1.82) is 0 Å². The SMILES string of the molecule is CC(C)CC(=O)N1CCN(CCCl)CC1.Cl. The normalized spacial score (nSPS) is 17.4. The number of hydrogen-bond acceptors (Lipinski definition) is 2. The highest BCUT2D eigenvalue weighted by atomic mass is 35.5. The first-order valence-electron chi connectivity index (χ1n) is 5.69. The Balaban J connectivity index is 0.00000225. The molecule has 0 aromatic rings. The number of carbonyl (C=O) groups excluding carboxylic acids is 1. The average molecular weight is 269 g/mol. The first-order valence-corrected chi connectivity index (χ1v) is 6.23. The van der Waals surface area contributed by atoms with E-state index in [0.717, 1.165) is 32.7 Å². The Kier molecular flexibility index (Phi) is 8.16. The van der Waals surface area contributed by atoms with Crippen molar-refractivity contribution in [1.82, 2.24) is 9.80 Å². The molecule has 3 nitrogen and oxygen atoms in total. The monoisotopic (exact) mass is 268 g/mol. The summed E-state index contributed by atoms with van der Waals surface area (Å²) in [5.41, 5.74) is 0. The van der Waals surface area contributed by atoms with Crippen LogP contribution in [-0.4, -0.2) is 54.3 Å². The van der Waals surface area contributed by atoms with Gasteiger partial charge < -0.3 is 4.90 Å². The third kappa shape index (κ3) is 5.37. The summed E-state index contributed by atoms with van der Waals surface area (Å²) >= 11 is 5.68. The smallest absolute Gasteiger partial charge is 0.222 e. The number of amides is 1. The van der Waals surface area contributed by atoms with Gasteiger partial charge in [-0.1, -0.05) is 13.8 Å². The summed E-state index contributed by atoms with van der Waals surface area (Å²) in [6.45, 7) is 8.77. The zero-order valence-electron chi connectivity index (χ0n) is 10.1. The highest BCUT2D eigenvalue weighted by molar-refractivity contribution is 6.18. The highest BCUT2D eigenvalue weighted by Gasteiger charge is 2.20. The van der Waals surface area contributed by atoms with Crippen molar-refractivity contribution in [3.05, 3.63) is 0 Å². The fourth-order valence-electron chi connectivity index (χ4n) is 1.82. The van der Waals surface area contributed by atoms with Crippen molar-refractivity contribution in [2.45, 2.75) is 20.3 Å². The van der Waals surface area contributed by atoms with Gasteiger partial charge >= 0.3 is 0 Å². The lowest BCUT2D eigenvalue weighted by atomic mass is 10.1. The molecule has 0 saturated carbocycles. The summed E-state index contributed by atoms with van der Waals surface area (Å²) in [5.74, 6) is 1.44. The molecule has 0 aliphatic carbocycles. The zero-order valence-corrected chi connectivity index (χ0v) is 11.7. The molecular formula is C11H22Cl2N2O. The number of halogens is 2. The Bertz CT molecular complexity index is 204. The minimum absolute atomic E-state index is 0. The van der Waals surface area contributed by atoms with Gasteiger partial charge in [-0.05, 0) is 5.92 Å². The van der Waals surface area contributed by atoms with Crippen molar-refractivity contribution in [2.24, 2.45) is 5.92 Å². The number of piperazine rings is 1. The molecule has 5 heteroatoms. The van der Waals surface area contributed by atoms with Gasteiger partial charge in [0.2, 0.25) is 5.91 Å². The molecule has 16 heavy (non-hydrogen) atoms. The summed E-state index contributed by atoms with van der Waals surface area (Å²) < 4.78 is 0. The van der Waals surface area contributed by atoms with Gasteiger partial charge in [0.15, 0.2) is 0 Å². The van der Waals surface area contributed by atoms with Crippen LogP contribution in [0.2, 0.25) is 0 Å². The summed E-state index contributed by atoms with van der Waals surface area (Å²) in [4.78, 5) is 16.0. The molecule has 0 unspecified atom stereocenters. The van der Waals surface area contributed by atoms with E-state index in [4.69, 9.17) is 11.6 Å². The molecule has 0 aromatic carbocycles. The number of alkyl halides is 1. The molecule has 0 radical (unpaired) electrons. The van der Waals surface area contributed by atoms with Crippen LogP contribution in [0.4, 0.5) is 0 Å². The van der Waals surface area contributed by atoms with Gasteiger partial charge in [-0.15, -0.1) is 24.0 Å². The van der Waals surface area contributed by atoms with Crippen molar-refractivity contribution >= 4 is 29.9 Å². The molecule has 1 rings (SSSR count). The van der Waals surface area contributed by atoms with Gasteiger partial charge in [-0.25, -0.2) is 0 Å². The van der Waals surface area contributed by atoms with Crippen molar-refractivity contribution in [3.8, 4) is 0 Å². The second-order valence-corrected chi connectivity index (χ2v) is 4.89. The molecule has 1 heterocycles. The third-order valence-corrected chi connectivity index (χ3v) is 2.88. The predicted octanol–water partition coefficient (Wildman–Crippen LogP) is 1.84. The van der Waals surface area contributed by atoms with Crippen molar-refractivity contribution < 1.29 is 4.79 Å². The zero-order chi connectivity index (χ0) is 11.3. The van der Waals surface area contributed by atoms with E-state index >= 15 is 0 Å². The van der Waals surface area contributed by atoms with Crippen molar-refractivity contribution in [3.63, 3.8) is 0 Å². The van der Waals surface area contributed by atoms with Gasteiger partial charge in [0.05, 0.1) is 0 Å². The van der Waals surface area contributed by atoms with E-state index in [9.17, 15) is 4.79 Å². The van der Waals surface area contributed by atoms with Gasteiger partial charge in [0, 0.05) is 45.0 Å². The molecule has 1 aliphatic rings.